The molecule has 9 heteroatoms. The van der Waals surface area contributed by atoms with Crippen LogP contribution in [-0.4, -0.2) is 71.7 Å². The summed E-state index contributed by atoms with van der Waals surface area (Å²) >= 11 is 1.54. The van der Waals surface area contributed by atoms with Gasteiger partial charge >= 0.3 is 0 Å². The van der Waals surface area contributed by atoms with Crippen molar-refractivity contribution < 1.29 is 14.3 Å². The molecule has 0 bridgehead atoms. The SMILES string of the molecule is CO[C@@H]1CN(c2ccc3nccc(C(=O)NCC(=O)N4CSC[C@H]4C#N)c3c2)[C@H]1C. The number of rotatable bonds is 5. The summed E-state index contributed by atoms with van der Waals surface area (Å²) in [5.41, 5.74) is 2.20. The number of aromatic nitrogens is 1. The monoisotopic (exact) mass is 425 g/mol. The highest BCUT2D eigenvalue weighted by Gasteiger charge is 2.35. The first-order chi connectivity index (χ1) is 14.5. The Balaban J connectivity index is 1.50. The van der Waals surface area contributed by atoms with E-state index in [4.69, 9.17) is 10.00 Å². The molecular weight excluding hydrogens is 402 g/mol. The molecule has 0 radical (unpaired) electrons. The Kier molecular flexibility index (Phi) is 5.79. The van der Waals surface area contributed by atoms with Gasteiger partial charge in [-0.3, -0.25) is 14.6 Å². The summed E-state index contributed by atoms with van der Waals surface area (Å²) in [5, 5.41) is 12.6. The van der Waals surface area contributed by atoms with E-state index in [0.29, 0.717) is 17.2 Å². The van der Waals surface area contributed by atoms with E-state index in [1.54, 1.807) is 19.4 Å². The van der Waals surface area contributed by atoms with Crippen LogP contribution in [0.1, 0.15) is 17.3 Å². The van der Waals surface area contributed by atoms with E-state index in [-0.39, 0.29) is 30.5 Å². The molecule has 0 saturated carbocycles. The third-order valence-electron chi connectivity index (χ3n) is 5.76. The number of methoxy groups -OCH3 is 1. The summed E-state index contributed by atoms with van der Waals surface area (Å²) < 4.78 is 5.44. The van der Waals surface area contributed by atoms with Gasteiger partial charge in [0.05, 0.1) is 41.7 Å². The topological polar surface area (TPSA) is 98.6 Å². The Hall–Kier alpha value is -2.83. The maximum atomic E-state index is 12.8. The zero-order valence-electron chi connectivity index (χ0n) is 16.9. The van der Waals surface area contributed by atoms with Crippen molar-refractivity contribution in [2.75, 3.05) is 36.7 Å². The fourth-order valence-corrected chi connectivity index (χ4v) is 4.95. The van der Waals surface area contributed by atoms with Crippen molar-refractivity contribution in [3.63, 3.8) is 0 Å². The number of hydrogen-bond acceptors (Lipinski definition) is 7. The first kappa shape index (κ1) is 20.4. The maximum Gasteiger partial charge on any atom is 0.252 e. The number of pyridine rings is 1. The zero-order chi connectivity index (χ0) is 21.3. The number of benzene rings is 1. The Bertz CT molecular complexity index is 1020. The van der Waals surface area contributed by atoms with Crippen LogP contribution in [0.4, 0.5) is 5.69 Å². The number of amides is 2. The van der Waals surface area contributed by atoms with E-state index in [1.165, 1.54) is 16.7 Å². The smallest absolute Gasteiger partial charge is 0.252 e. The molecule has 2 aromatic rings. The number of nitriles is 1. The van der Waals surface area contributed by atoms with E-state index in [9.17, 15) is 9.59 Å². The number of carbonyl (C=O) groups excluding carboxylic acids is 2. The number of thioether (sulfide) groups is 1. The van der Waals surface area contributed by atoms with Gasteiger partial charge in [0.2, 0.25) is 5.91 Å². The summed E-state index contributed by atoms with van der Waals surface area (Å²) in [6.45, 7) is 2.77. The van der Waals surface area contributed by atoms with Gasteiger partial charge in [-0.25, -0.2) is 0 Å². The molecule has 156 valence electrons. The van der Waals surface area contributed by atoms with Gasteiger partial charge in [-0.1, -0.05) is 0 Å². The summed E-state index contributed by atoms with van der Waals surface area (Å²) in [7, 11) is 1.71. The minimum atomic E-state index is -0.432. The summed E-state index contributed by atoms with van der Waals surface area (Å²) in [6.07, 6.45) is 1.79. The van der Waals surface area contributed by atoms with E-state index < -0.39 is 6.04 Å². The van der Waals surface area contributed by atoms with Gasteiger partial charge in [0.25, 0.3) is 5.91 Å². The second kappa shape index (κ2) is 8.50. The van der Waals surface area contributed by atoms with Gasteiger partial charge in [0.15, 0.2) is 0 Å². The van der Waals surface area contributed by atoms with E-state index in [1.807, 2.05) is 18.2 Å². The molecule has 1 aromatic carbocycles. The Morgan fingerprint density at radius 3 is 2.97 bits per heavy atom. The molecule has 0 unspecified atom stereocenters. The summed E-state index contributed by atoms with van der Waals surface area (Å²) in [4.78, 5) is 33.3. The Morgan fingerprint density at radius 1 is 1.40 bits per heavy atom. The van der Waals surface area contributed by atoms with Gasteiger partial charge in [-0.05, 0) is 31.2 Å². The van der Waals surface area contributed by atoms with Crippen LogP contribution in [0.2, 0.25) is 0 Å². The lowest BCUT2D eigenvalue weighted by atomic mass is 9.98. The van der Waals surface area contributed by atoms with Crippen molar-refractivity contribution in [3.05, 3.63) is 36.0 Å². The van der Waals surface area contributed by atoms with Gasteiger partial charge in [0, 0.05) is 36.7 Å². The van der Waals surface area contributed by atoms with E-state index in [2.05, 4.69) is 28.2 Å². The van der Waals surface area contributed by atoms with Crippen molar-refractivity contribution >= 4 is 40.2 Å². The Labute approximate surface area is 179 Å². The Morgan fingerprint density at radius 2 is 2.23 bits per heavy atom. The van der Waals surface area contributed by atoms with Gasteiger partial charge in [0.1, 0.15) is 6.04 Å². The number of fused-ring (bicyclic) bond motifs is 1. The molecule has 3 heterocycles. The molecule has 3 atom stereocenters. The highest BCUT2D eigenvalue weighted by atomic mass is 32.2. The summed E-state index contributed by atoms with van der Waals surface area (Å²) in [5.74, 6) is 0.497. The standard InChI is InChI=1S/C21H23N5O3S/c1-13-19(29-2)10-25(13)14-3-4-18-17(7-14)16(5-6-23-18)21(28)24-9-20(27)26-12-30-11-15(26)8-22/h3-7,13,15,19H,9-12H2,1-2H3,(H,24,28)/t13-,15+,19+/m0/s1. The number of ether oxygens (including phenoxy) is 1. The predicted molar refractivity (Wildman–Crippen MR) is 115 cm³/mol. The van der Waals surface area contributed by atoms with Crippen molar-refractivity contribution in [1.29, 1.82) is 5.26 Å². The van der Waals surface area contributed by atoms with Crippen LogP contribution in [0.25, 0.3) is 10.9 Å². The van der Waals surface area contributed by atoms with Crippen LogP contribution in [-0.2, 0) is 9.53 Å². The fourth-order valence-electron chi connectivity index (χ4n) is 3.85. The number of anilines is 1. The molecule has 4 rings (SSSR count). The van der Waals surface area contributed by atoms with Crippen molar-refractivity contribution in [1.82, 2.24) is 15.2 Å². The molecule has 2 aliphatic rings. The van der Waals surface area contributed by atoms with Crippen molar-refractivity contribution in [2.24, 2.45) is 0 Å². The number of carbonyl (C=O) groups is 2. The average molecular weight is 426 g/mol. The zero-order valence-corrected chi connectivity index (χ0v) is 17.7. The van der Waals surface area contributed by atoms with Crippen LogP contribution < -0.4 is 10.2 Å². The van der Waals surface area contributed by atoms with Crippen LogP contribution >= 0.6 is 11.8 Å². The molecule has 1 aromatic heterocycles. The van der Waals surface area contributed by atoms with Crippen molar-refractivity contribution in [3.8, 4) is 6.07 Å². The lowest BCUT2D eigenvalue weighted by Crippen LogP contribution is -2.59. The average Bonchev–Trinajstić information content (AvgIpc) is 3.25. The van der Waals surface area contributed by atoms with Crippen LogP contribution in [0.3, 0.4) is 0 Å². The maximum absolute atomic E-state index is 12.8. The van der Waals surface area contributed by atoms with Gasteiger partial charge < -0.3 is 19.9 Å². The molecule has 2 aliphatic heterocycles. The van der Waals surface area contributed by atoms with E-state index in [0.717, 1.165) is 23.1 Å². The molecular formula is C21H23N5O3S. The normalized spacial score (nSPS) is 23.2. The molecule has 8 nitrogen and oxygen atoms in total. The number of nitrogens with zero attached hydrogens (tertiary/aromatic N) is 4. The second-order valence-corrected chi connectivity index (χ2v) is 8.42. The minimum absolute atomic E-state index is 0.139. The first-order valence-electron chi connectivity index (χ1n) is 9.76. The third kappa shape index (κ3) is 3.68. The molecule has 0 spiro atoms. The number of nitrogens with one attached hydrogen (secondary N) is 1. The predicted octanol–water partition coefficient (Wildman–Crippen LogP) is 1.61. The molecule has 2 saturated heterocycles. The van der Waals surface area contributed by atoms with Crippen molar-refractivity contribution in [2.45, 2.75) is 25.1 Å². The quantitative estimate of drug-likeness (QED) is 0.777. The second-order valence-electron chi connectivity index (χ2n) is 7.42. The lowest BCUT2D eigenvalue weighted by molar-refractivity contribution is -0.129. The molecule has 2 amide bonds. The van der Waals surface area contributed by atoms with Gasteiger partial charge in [-0.2, -0.15) is 5.26 Å². The van der Waals surface area contributed by atoms with Gasteiger partial charge in [-0.15, -0.1) is 11.8 Å². The highest BCUT2D eigenvalue weighted by Crippen LogP contribution is 2.31. The fraction of sp³-hybridized carbons (Fsp3) is 0.429. The van der Waals surface area contributed by atoms with Crippen LogP contribution in [0.15, 0.2) is 30.5 Å². The van der Waals surface area contributed by atoms with Crippen LogP contribution in [0, 0.1) is 11.3 Å². The molecule has 2 fully saturated rings. The molecule has 0 aliphatic carbocycles. The summed E-state index contributed by atoms with van der Waals surface area (Å²) in [6, 6.07) is 9.47. The van der Waals surface area contributed by atoms with E-state index >= 15 is 0 Å². The third-order valence-corrected chi connectivity index (χ3v) is 6.77. The molecule has 1 N–H and O–H groups in total. The highest BCUT2D eigenvalue weighted by molar-refractivity contribution is 7.99. The lowest BCUT2D eigenvalue weighted by Gasteiger charge is -2.47. The first-order valence-corrected chi connectivity index (χ1v) is 10.9. The minimum Gasteiger partial charge on any atom is -0.377 e. The largest absolute Gasteiger partial charge is 0.377 e. The number of hydrogen-bond donors (Lipinski definition) is 1. The molecule has 30 heavy (non-hydrogen) atoms. The van der Waals surface area contributed by atoms with Crippen LogP contribution in [0.5, 0.6) is 0 Å².